The summed E-state index contributed by atoms with van der Waals surface area (Å²) in [5, 5.41) is 81.1. The fraction of sp³-hybridized carbons (Fsp3) is 0.222. The van der Waals surface area contributed by atoms with Crippen LogP contribution in [0, 0.1) is 20.8 Å². The van der Waals surface area contributed by atoms with Crippen LogP contribution < -0.4 is 31.5 Å². The molecule has 198 valence electrons. The van der Waals surface area contributed by atoms with E-state index in [1.165, 1.54) is 24.3 Å². The van der Waals surface area contributed by atoms with Crippen molar-refractivity contribution in [1.82, 2.24) is 10.6 Å². The average molecular weight is 549 g/mol. The number of hydrogen-bond donors (Lipinski definition) is 10. The highest BCUT2D eigenvalue weighted by atomic mass is 32.2. The second kappa shape index (κ2) is 14.4. The maximum atomic E-state index is 12.0. The van der Waals surface area contributed by atoms with E-state index >= 15 is 0 Å². The number of thioether (sulfide) groups is 2. The Morgan fingerprint density at radius 1 is 0.667 bits per heavy atom. The van der Waals surface area contributed by atoms with Crippen molar-refractivity contribution in [1.29, 1.82) is 0 Å². The average Bonchev–Trinajstić information content (AvgIpc) is 2.83. The third-order valence-electron chi connectivity index (χ3n) is 4.40. The summed E-state index contributed by atoms with van der Waals surface area (Å²) < 4.78 is 0. The number of benzene rings is 2. The summed E-state index contributed by atoms with van der Waals surface area (Å²) in [6, 6.07) is 7.13. The second-order valence-electron chi connectivity index (χ2n) is 6.92. The molecule has 0 aliphatic carbocycles. The van der Waals surface area contributed by atoms with E-state index in [1.807, 2.05) is 0 Å². The highest BCUT2D eigenvalue weighted by Crippen LogP contribution is 2.27. The van der Waals surface area contributed by atoms with Crippen molar-refractivity contribution in [2.45, 2.75) is 9.79 Å². The molecule has 0 aliphatic rings. The molecule has 0 aliphatic heterocycles. The quantitative estimate of drug-likeness (QED) is 0.0663. The lowest BCUT2D eigenvalue weighted by atomic mass is 10.3. The molecule has 0 aromatic heterocycles. The number of carbonyl (C=O) groups excluding carboxylic acids is 2. The van der Waals surface area contributed by atoms with Crippen LogP contribution >= 0.6 is 23.5 Å². The van der Waals surface area contributed by atoms with E-state index in [0.717, 1.165) is 35.7 Å². The van der Waals surface area contributed by atoms with Crippen molar-refractivity contribution in [2.75, 3.05) is 24.6 Å². The molecular weight excluding hydrogens is 524 g/mol. The molecule has 2 aromatic rings. The largest absolute Gasteiger partial charge is 0.595 e. The predicted molar refractivity (Wildman–Crippen MR) is 123 cm³/mol. The van der Waals surface area contributed by atoms with E-state index in [4.69, 9.17) is 10.4 Å². The molecule has 2 amide bonds. The van der Waals surface area contributed by atoms with Gasteiger partial charge in [-0.2, -0.15) is 20.9 Å². The van der Waals surface area contributed by atoms with Gasteiger partial charge in [0.1, 0.15) is 0 Å². The molecule has 0 saturated heterocycles. The Kier molecular flexibility index (Phi) is 11.9. The van der Waals surface area contributed by atoms with Gasteiger partial charge in [-0.3, -0.25) is 9.59 Å². The number of carbonyl (C=O) groups is 2. The zero-order valence-electron chi connectivity index (χ0n) is 18.3. The first-order chi connectivity index (χ1) is 17.0. The fourth-order valence-corrected chi connectivity index (χ4v) is 4.41. The van der Waals surface area contributed by atoms with Gasteiger partial charge in [0.25, 0.3) is 0 Å². The van der Waals surface area contributed by atoms with E-state index in [2.05, 4.69) is 10.6 Å². The Hall–Kier alpha value is -2.40. The van der Waals surface area contributed by atoms with Crippen LogP contribution in [0.4, 0.5) is 22.7 Å². The van der Waals surface area contributed by atoms with Gasteiger partial charge in [-0.1, -0.05) is 0 Å². The Balaban J connectivity index is 1.75. The van der Waals surface area contributed by atoms with Crippen molar-refractivity contribution >= 4 is 58.1 Å². The SMILES string of the molecule is O=C(CSc1ccc([NH+]([O-])O)cc1[NH+]([O-])O)NCCNC(=O)CSc1ccc([NH+]([O-])O)cc1[NH+]([O-])O. The molecule has 0 spiro atoms. The molecule has 0 fully saturated rings. The summed E-state index contributed by atoms with van der Waals surface area (Å²) in [5.74, 6) is -1.15. The molecule has 0 saturated carbocycles. The van der Waals surface area contributed by atoms with Crippen LogP contribution in [-0.4, -0.2) is 57.2 Å². The molecule has 0 heterocycles. The van der Waals surface area contributed by atoms with Crippen molar-refractivity contribution in [3.05, 3.63) is 57.2 Å². The monoisotopic (exact) mass is 548 g/mol. The second-order valence-corrected chi connectivity index (χ2v) is 8.95. The minimum atomic E-state index is -1.32. The smallest absolute Gasteiger partial charge is 0.230 e. The van der Waals surface area contributed by atoms with Gasteiger partial charge in [0.05, 0.1) is 33.4 Å². The highest BCUT2D eigenvalue weighted by Gasteiger charge is 2.17. The molecule has 18 heteroatoms. The van der Waals surface area contributed by atoms with E-state index < -0.39 is 32.7 Å². The fourth-order valence-electron chi connectivity index (χ4n) is 2.70. The summed E-state index contributed by atoms with van der Waals surface area (Å²) in [4.78, 5) is 24.5. The molecular formula is C18H24N6O10S2. The van der Waals surface area contributed by atoms with Gasteiger partial charge in [0, 0.05) is 25.2 Å². The number of quaternary nitrogens is 4. The highest BCUT2D eigenvalue weighted by molar-refractivity contribution is 8.00. The summed E-state index contributed by atoms with van der Waals surface area (Å²) in [5.41, 5.74) is -0.847. The Labute approximate surface area is 211 Å². The normalized spacial score (nSPS) is 14.6. The molecule has 4 atom stereocenters. The standard InChI is InChI=1S/C18H24N6O10S2/c25-17(9-35-15-3-1-11(21(27)28)7-13(15)23(31)32)19-5-6-20-18(26)10-36-16-4-2-12(22(29)30)8-14(16)24(33)34/h1-4,7-8,21-24,27,29,31,33H,5-6,9-10H2,(H,19,25)(H,20,26). The Morgan fingerprint density at radius 3 is 1.33 bits per heavy atom. The first-order valence-electron chi connectivity index (χ1n) is 10.00. The van der Waals surface area contributed by atoms with Crippen LogP contribution in [-0.2, 0) is 9.59 Å². The number of amides is 2. The van der Waals surface area contributed by atoms with Gasteiger partial charge >= 0.3 is 0 Å². The van der Waals surface area contributed by atoms with Crippen molar-refractivity contribution < 1.29 is 51.3 Å². The Bertz CT molecular complexity index is 962. The third-order valence-corrected chi connectivity index (χ3v) is 6.55. The minimum Gasteiger partial charge on any atom is -0.595 e. The van der Waals surface area contributed by atoms with Gasteiger partial charge in [-0.15, -0.1) is 23.5 Å². The minimum absolute atomic E-state index is 0.0766. The predicted octanol–water partition coefficient (Wildman–Crippen LogP) is -3.58. The summed E-state index contributed by atoms with van der Waals surface area (Å²) in [6.45, 7) is 0.153. The topological polar surface area (TPSA) is 249 Å². The molecule has 4 unspecified atom stereocenters. The van der Waals surface area contributed by atoms with Gasteiger partial charge in [-0.05, 0) is 12.1 Å². The first-order valence-corrected chi connectivity index (χ1v) is 12.0. The van der Waals surface area contributed by atoms with E-state index in [9.17, 15) is 40.8 Å². The summed E-state index contributed by atoms with van der Waals surface area (Å²) in [7, 11) is 0. The van der Waals surface area contributed by atoms with Crippen LogP contribution in [0.15, 0.2) is 46.2 Å². The maximum absolute atomic E-state index is 12.0. The van der Waals surface area contributed by atoms with E-state index in [1.54, 1.807) is 0 Å². The van der Waals surface area contributed by atoms with Crippen LogP contribution in [0.2, 0.25) is 0 Å². The molecule has 2 rings (SSSR count). The zero-order chi connectivity index (χ0) is 26.8. The van der Waals surface area contributed by atoms with Crippen LogP contribution in [0.3, 0.4) is 0 Å². The van der Waals surface area contributed by atoms with E-state index in [-0.39, 0.29) is 57.1 Å². The number of hydrogen-bond acceptors (Lipinski definition) is 12. The van der Waals surface area contributed by atoms with Gasteiger partial charge in [0.2, 0.25) is 11.8 Å². The maximum Gasteiger partial charge on any atom is 0.230 e. The van der Waals surface area contributed by atoms with Crippen molar-refractivity contribution in [3.8, 4) is 0 Å². The third kappa shape index (κ3) is 9.24. The van der Waals surface area contributed by atoms with Crippen LogP contribution in [0.25, 0.3) is 0 Å². The van der Waals surface area contributed by atoms with Crippen LogP contribution in [0.5, 0.6) is 0 Å². The zero-order valence-corrected chi connectivity index (χ0v) is 20.0. The van der Waals surface area contributed by atoms with E-state index in [0.29, 0.717) is 0 Å². The molecule has 0 radical (unpaired) electrons. The molecule has 0 bridgehead atoms. The first kappa shape index (κ1) is 29.8. The lowest BCUT2D eigenvalue weighted by molar-refractivity contribution is -0.997. The molecule has 16 nitrogen and oxygen atoms in total. The number of nitrogens with one attached hydrogen (secondary N) is 6. The Morgan fingerprint density at radius 2 is 1.03 bits per heavy atom. The van der Waals surface area contributed by atoms with Crippen LogP contribution in [0.1, 0.15) is 0 Å². The summed E-state index contributed by atoms with van der Waals surface area (Å²) >= 11 is 1.84. The lowest BCUT2D eigenvalue weighted by Crippen LogP contribution is -3.01. The van der Waals surface area contributed by atoms with Crippen molar-refractivity contribution in [2.24, 2.45) is 0 Å². The molecule has 2 aromatic carbocycles. The van der Waals surface area contributed by atoms with Gasteiger partial charge < -0.3 is 31.5 Å². The summed E-state index contributed by atoms with van der Waals surface area (Å²) in [6.07, 6.45) is 0. The molecule has 36 heavy (non-hydrogen) atoms. The molecule has 10 N–H and O–H groups in total. The van der Waals surface area contributed by atoms with Crippen molar-refractivity contribution in [3.63, 3.8) is 0 Å². The number of rotatable bonds is 13. The van der Waals surface area contributed by atoms with Gasteiger partial charge in [-0.25, -0.2) is 20.8 Å². The lowest BCUT2D eigenvalue weighted by Gasteiger charge is -2.18. The van der Waals surface area contributed by atoms with Gasteiger partial charge in [0.15, 0.2) is 22.7 Å².